The normalized spacial score (nSPS) is 10.0. The monoisotopic (exact) mass is 311 g/mol. The molecule has 0 unspecified atom stereocenters. The number of amides is 1. The predicted molar refractivity (Wildman–Crippen MR) is 82.9 cm³/mol. The van der Waals surface area contributed by atoms with Crippen LogP contribution in [0.5, 0.6) is 0 Å². The molecule has 0 radical (unpaired) electrons. The standard InChI is InChI=1S/C14H17N3O3.ClH/c1-15-7-8-17(2)14(19)10-5-6-11(16-13(10)18)12-4-3-9-20-12;/h3-6,9,15H,7-8H2,1-2H3,(H,16,18);1H. The van der Waals surface area contributed by atoms with E-state index in [9.17, 15) is 9.59 Å². The molecule has 114 valence electrons. The minimum atomic E-state index is -0.416. The Morgan fingerprint density at radius 1 is 1.38 bits per heavy atom. The molecule has 0 bridgehead atoms. The predicted octanol–water partition coefficient (Wildman–Crippen LogP) is 1.35. The maximum atomic E-state index is 12.1. The topological polar surface area (TPSA) is 78.3 Å². The van der Waals surface area contributed by atoms with E-state index in [4.69, 9.17) is 4.42 Å². The second kappa shape index (κ2) is 7.66. The van der Waals surface area contributed by atoms with Crippen LogP contribution in [0.1, 0.15) is 10.4 Å². The van der Waals surface area contributed by atoms with Gasteiger partial charge in [-0.15, -0.1) is 12.4 Å². The van der Waals surface area contributed by atoms with E-state index in [1.54, 1.807) is 25.2 Å². The number of halogens is 1. The molecule has 2 heterocycles. The summed E-state index contributed by atoms with van der Waals surface area (Å²) in [6.07, 6.45) is 1.53. The van der Waals surface area contributed by atoms with Crippen molar-refractivity contribution in [1.82, 2.24) is 15.2 Å². The summed E-state index contributed by atoms with van der Waals surface area (Å²) in [5.41, 5.74) is 0.258. The second-order valence-corrected chi connectivity index (χ2v) is 4.42. The van der Waals surface area contributed by atoms with E-state index in [0.717, 1.165) is 0 Å². The number of hydrogen-bond donors (Lipinski definition) is 2. The molecule has 0 saturated heterocycles. The van der Waals surface area contributed by atoms with Gasteiger partial charge in [0.15, 0.2) is 0 Å². The summed E-state index contributed by atoms with van der Waals surface area (Å²) in [7, 11) is 3.48. The Morgan fingerprint density at radius 3 is 2.71 bits per heavy atom. The van der Waals surface area contributed by atoms with Gasteiger partial charge in [-0.05, 0) is 31.3 Å². The van der Waals surface area contributed by atoms with Crippen molar-refractivity contribution < 1.29 is 9.21 Å². The highest BCUT2D eigenvalue weighted by Gasteiger charge is 2.15. The summed E-state index contributed by atoms with van der Waals surface area (Å²) < 4.78 is 5.20. The minimum absolute atomic E-state index is 0. The Kier molecular flexibility index (Phi) is 6.20. The maximum Gasteiger partial charge on any atom is 0.261 e. The minimum Gasteiger partial charge on any atom is -0.463 e. The molecular weight excluding hydrogens is 294 g/mol. The molecule has 0 aromatic carbocycles. The van der Waals surface area contributed by atoms with Crippen LogP contribution in [-0.4, -0.2) is 43.0 Å². The highest BCUT2D eigenvalue weighted by Crippen LogP contribution is 2.15. The summed E-state index contributed by atoms with van der Waals surface area (Å²) in [5, 5.41) is 2.95. The van der Waals surface area contributed by atoms with Crippen molar-refractivity contribution >= 4 is 18.3 Å². The molecule has 0 aliphatic heterocycles. The molecule has 21 heavy (non-hydrogen) atoms. The zero-order chi connectivity index (χ0) is 14.5. The molecule has 2 N–H and O–H groups in total. The van der Waals surface area contributed by atoms with Crippen molar-refractivity contribution in [3.05, 3.63) is 46.4 Å². The molecular formula is C14H18ClN3O3. The number of aromatic amines is 1. The summed E-state index contributed by atoms with van der Waals surface area (Å²) in [5.74, 6) is 0.261. The first-order chi connectivity index (χ1) is 9.63. The van der Waals surface area contributed by atoms with Gasteiger partial charge in [0.2, 0.25) is 0 Å². The lowest BCUT2D eigenvalue weighted by atomic mass is 10.2. The van der Waals surface area contributed by atoms with Crippen LogP contribution in [0, 0.1) is 0 Å². The van der Waals surface area contributed by atoms with Crippen LogP contribution in [0.4, 0.5) is 0 Å². The lowest BCUT2D eigenvalue weighted by Crippen LogP contribution is -2.35. The highest BCUT2D eigenvalue weighted by molar-refractivity contribution is 5.93. The average Bonchev–Trinajstić information content (AvgIpc) is 2.98. The number of pyridine rings is 1. The molecule has 0 saturated carbocycles. The third-order valence-electron chi connectivity index (χ3n) is 2.97. The van der Waals surface area contributed by atoms with Gasteiger partial charge in [0.1, 0.15) is 11.3 Å². The third-order valence-corrected chi connectivity index (χ3v) is 2.97. The first-order valence-corrected chi connectivity index (χ1v) is 6.30. The lowest BCUT2D eigenvalue weighted by molar-refractivity contribution is 0.0795. The van der Waals surface area contributed by atoms with Crippen molar-refractivity contribution in [3.63, 3.8) is 0 Å². The van der Waals surface area contributed by atoms with E-state index in [0.29, 0.717) is 24.5 Å². The molecule has 6 nitrogen and oxygen atoms in total. The number of rotatable bonds is 5. The van der Waals surface area contributed by atoms with E-state index < -0.39 is 5.56 Å². The van der Waals surface area contributed by atoms with Gasteiger partial charge in [-0.25, -0.2) is 0 Å². The van der Waals surface area contributed by atoms with Crippen LogP contribution in [0.3, 0.4) is 0 Å². The smallest absolute Gasteiger partial charge is 0.261 e. The quantitative estimate of drug-likeness (QED) is 0.873. The van der Waals surface area contributed by atoms with Gasteiger partial charge >= 0.3 is 0 Å². The molecule has 0 atom stereocenters. The summed E-state index contributed by atoms with van der Waals surface area (Å²) in [6, 6.07) is 6.67. The molecule has 0 fully saturated rings. The SMILES string of the molecule is CNCCN(C)C(=O)c1ccc(-c2ccco2)[nH]c1=O.Cl. The van der Waals surface area contributed by atoms with Crippen molar-refractivity contribution in [1.29, 1.82) is 0 Å². The van der Waals surface area contributed by atoms with E-state index >= 15 is 0 Å². The zero-order valence-corrected chi connectivity index (χ0v) is 12.7. The van der Waals surface area contributed by atoms with E-state index in [1.165, 1.54) is 17.2 Å². The Morgan fingerprint density at radius 2 is 2.14 bits per heavy atom. The molecule has 0 aliphatic carbocycles. The fourth-order valence-electron chi connectivity index (χ4n) is 1.80. The Bertz CT molecular complexity index is 637. The third kappa shape index (κ3) is 3.96. The van der Waals surface area contributed by atoms with Crippen molar-refractivity contribution in [2.45, 2.75) is 0 Å². The number of likely N-dealkylation sites (N-methyl/N-ethyl adjacent to an activating group) is 2. The first-order valence-electron chi connectivity index (χ1n) is 6.30. The first kappa shape index (κ1) is 17.0. The van der Waals surface area contributed by atoms with E-state index in [2.05, 4.69) is 10.3 Å². The van der Waals surface area contributed by atoms with E-state index in [-0.39, 0.29) is 23.9 Å². The largest absolute Gasteiger partial charge is 0.463 e. The number of hydrogen-bond acceptors (Lipinski definition) is 4. The van der Waals surface area contributed by atoms with Crippen LogP contribution in [0.2, 0.25) is 0 Å². The fourth-order valence-corrected chi connectivity index (χ4v) is 1.80. The molecule has 0 spiro atoms. The summed E-state index contributed by atoms with van der Waals surface area (Å²) in [4.78, 5) is 28.3. The average molecular weight is 312 g/mol. The molecule has 7 heteroatoms. The molecule has 2 rings (SSSR count). The summed E-state index contributed by atoms with van der Waals surface area (Å²) >= 11 is 0. The van der Waals surface area contributed by atoms with Gasteiger partial charge in [-0.3, -0.25) is 9.59 Å². The van der Waals surface area contributed by atoms with Crippen molar-refractivity contribution in [2.75, 3.05) is 27.2 Å². The molecule has 2 aromatic heterocycles. The van der Waals surface area contributed by atoms with Crippen LogP contribution < -0.4 is 10.9 Å². The molecule has 2 aromatic rings. The Hall–Kier alpha value is -2.05. The summed E-state index contributed by atoms with van der Waals surface area (Å²) in [6.45, 7) is 1.21. The fraction of sp³-hybridized carbons (Fsp3) is 0.286. The number of carbonyl (C=O) groups excluding carboxylic acids is 1. The van der Waals surface area contributed by atoms with Crippen molar-refractivity contribution in [3.8, 4) is 11.5 Å². The van der Waals surface area contributed by atoms with Gasteiger partial charge < -0.3 is 19.6 Å². The number of carbonyl (C=O) groups is 1. The number of nitrogens with one attached hydrogen (secondary N) is 2. The van der Waals surface area contributed by atoms with Gasteiger partial charge in [-0.2, -0.15) is 0 Å². The zero-order valence-electron chi connectivity index (χ0n) is 11.9. The Balaban J connectivity index is 0.00000220. The van der Waals surface area contributed by atoms with Crippen LogP contribution in [0.25, 0.3) is 11.5 Å². The molecule has 1 amide bonds. The van der Waals surface area contributed by atoms with Gasteiger partial charge in [-0.1, -0.05) is 0 Å². The molecule has 0 aliphatic rings. The number of furan rings is 1. The van der Waals surface area contributed by atoms with Crippen LogP contribution in [-0.2, 0) is 0 Å². The van der Waals surface area contributed by atoms with Crippen LogP contribution >= 0.6 is 12.4 Å². The van der Waals surface area contributed by atoms with Crippen molar-refractivity contribution in [2.24, 2.45) is 0 Å². The lowest BCUT2D eigenvalue weighted by Gasteiger charge is -2.16. The van der Waals surface area contributed by atoms with Gasteiger partial charge in [0.25, 0.3) is 11.5 Å². The Labute approximate surface area is 128 Å². The number of aromatic nitrogens is 1. The van der Waals surface area contributed by atoms with Gasteiger partial charge in [0.05, 0.1) is 12.0 Å². The maximum absolute atomic E-state index is 12.1. The number of nitrogens with zero attached hydrogens (tertiary/aromatic N) is 1. The highest BCUT2D eigenvalue weighted by atomic mass is 35.5. The van der Waals surface area contributed by atoms with E-state index in [1.807, 2.05) is 7.05 Å². The van der Waals surface area contributed by atoms with Gasteiger partial charge in [0, 0.05) is 20.1 Å². The number of H-pyrrole nitrogens is 1. The van der Waals surface area contributed by atoms with Crippen LogP contribution in [0.15, 0.2) is 39.7 Å². The second-order valence-electron chi connectivity index (χ2n) is 4.42.